The maximum atomic E-state index is 12.6. The van der Waals surface area contributed by atoms with Crippen LogP contribution in [-0.4, -0.2) is 44.5 Å². The highest BCUT2D eigenvalue weighted by molar-refractivity contribution is 5.99. The summed E-state index contributed by atoms with van der Waals surface area (Å²) >= 11 is 0. The third kappa shape index (κ3) is 3.75. The summed E-state index contributed by atoms with van der Waals surface area (Å²) in [5.74, 6) is -0.174. The number of anilines is 1. The summed E-state index contributed by atoms with van der Waals surface area (Å²) in [6, 6.07) is 9.60. The lowest BCUT2D eigenvalue weighted by molar-refractivity contribution is -0.122. The first-order valence-electron chi connectivity index (χ1n) is 11.5. The number of rotatable bonds is 5. The second-order valence-electron chi connectivity index (χ2n) is 9.47. The minimum Gasteiger partial charge on any atom is -0.379 e. The number of nitriles is 1. The predicted molar refractivity (Wildman–Crippen MR) is 127 cm³/mol. The largest absolute Gasteiger partial charge is 0.379 e. The number of fused-ring (bicyclic) bond motifs is 4. The van der Waals surface area contributed by atoms with Crippen LogP contribution in [-0.2, 0) is 4.79 Å². The molecular formula is C25H27N7O2. The first-order valence-corrected chi connectivity index (χ1v) is 11.5. The van der Waals surface area contributed by atoms with Gasteiger partial charge in [0.25, 0.3) is 5.91 Å². The van der Waals surface area contributed by atoms with E-state index in [0.29, 0.717) is 16.8 Å². The summed E-state index contributed by atoms with van der Waals surface area (Å²) in [7, 11) is 1.61. The number of hydrogen-bond donors (Lipinski definition) is 3. The van der Waals surface area contributed by atoms with Crippen molar-refractivity contribution in [2.75, 3.05) is 12.4 Å². The Kier molecular flexibility index (Phi) is 5.24. The zero-order chi connectivity index (χ0) is 23.9. The molecule has 3 aliphatic carbocycles. The van der Waals surface area contributed by atoms with Gasteiger partial charge in [0.15, 0.2) is 0 Å². The molecule has 2 bridgehead atoms. The van der Waals surface area contributed by atoms with Crippen LogP contribution in [0.15, 0.2) is 36.7 Å². The smallest absolute Gasteiger partial charge is 0.254 e. The Morgan fingerprint density at radius 1 is 1.06 bits per heavy atom. The van der Waals surface area contributed by atoms with E-state index in [1.807, 2.05) is 18.2 Å². The molecule has 174 valence electrons. The average molecular weight is 458 g/mol. The van der Waals surface area contributed by atoms with Crippen LogP contribution < -0.4 is 16.0 Å². The first-order chi connectivity index (χ1) is 16.4. The SMILES string of the molecule is CNC(=O)c1cnc(-c2ccc3cc(C#N)cnn23)cc1NC12CCC(NC(C)=O)(CC1)CC2. The molecule has 0 aromatic carbocycles. The molecule has 9 nitrogen and oxygen atoms in total. The molecule has 0 atom stereocenters. The third-order valence-corrected chi connectivity index (χ3v) is 7.35. The van der Waals surface area contributed by atoms with Gasteiger partial charge in [0.05, 0.1) is 39.9 Å². The molecule has 6 rings (SSSR count). The van der Waals surface area contributed by atoms with Gasteiger partial charge in [-0.15, -0.1) is 0 Å². The number of carbonyl (C=O) groups excluding carboxylic acids is 2. The molecule has 3 N–H and O–H groups in total. The molecule has 0 saturated heterocycles. The number of aromatic nitrogens is 3. The fourth-order valence-corrected chi connectivity index (χ4v) is 5.49. The Morgan fingerprint density at radius 3 is 2.41 bits per heavy atom. The highest BCUT2D eigenvalue weighted by atomic mass is 16.2. The van der Waals surface area contributed by atoms with Crippen molar-refractivity contribution in [2.24, 2.45) is 0 Å². The van der Waals surface area contributed by atoms with Crippen LogP contribution in [0, 0.1) is 11.3 Å². The molecule has 0 aliphatic heterocycles. The maximum absolute atomic E-state index is 12.6. The number of nitrogens with zero attached hydrogens (tertiary/aromatic N) is 4. The van der Waals surface area contributed by atoms with Crippen molar-refractivity contribution < 1.29 is 9.59 Å². The summed E-state index contributed by atoms with van der Waals surface area (Å²) in [6.07, 6.45) is 8.65. The summed E-state index contributed by atoms with van der Waals surface area (Å²) in [4.78, 5) is 28.9. The van der Waals surface area contributed by atoms with Crippen molar-refractivity contribution in [3.8, 4) is 17.5 Å². The first kappa shape index (κ1) is 21.9. The third-order valence-electron chi connectivity index (χ3n) is 7.35. The Morgan fingerprint density at radius 2 is 1.76 bits per heavy atom. The van der Waals surface area contributed by atoms with Crippen LogP contribution >= 0.6 is 0 Å². The predicted octanol–water partition coefficient (Wildman–Crippen LogP) is 3.02. The number of carbonyl (C=O) groups is 2. The van der Waals surface area contributed by atoms with E-state index < -0.39 is 0 Å². The highest BCUT2D eigenvalue weighted by Gasteiger charge is 2.49. The lowest BCUT2D eigenvalue weighted by Crippen LogP contribution is -2.60. The summed E-state index contributed by atoms with van der Waals surface area (Å²) in [5.41, 5.74) is 3.76. The van der Waals surface area contributed by atoms with Crippen LogP contribution in [0.25, 0.3) is 16.9 Å². The number of hydrogen-bond acceptors (Lipinski definition) is 6. The van der Waals surface area contributed by atoms with Gasteiger partial charge in [-0.2, -0.15) is 10.4 Å². The minimum atomic E-state index is -0.200. The second kappa shape index (κ2) is 8.13. The molecule has 0 spiro atoms. The van der Waals surface area contributed by atoms with Crippen LogP contribution in [0.3, 0.4) is 0 Å². The lowest BCUT2D eigenvalue weighted by Gasteiger charge is -2.54. The van der Waals surface area contributed by atoms with Crippen LogP contribution in [0.1, 0.15) is 61.4 Å². The Bertz CT molecular complexity index is 1310. The molecule has 3 heterocycles. The molecular weight excluding hydrogens is 430 g/mol. The van der Waals surface area contributed by atoms with Gasteiger partial charge in [0.1, 0.15) is 6.07 Å². The minimum absolute atomic E-state index is 0.0259. The van der Waals surface area contributed by atoms with E-state index in [9.17, 15) is 9.59 Å². The van der Waals surface area contributed by atoms with Gasteiger partial charge in [-0.25, -0.2) is 4.52 Å². The van der Waals surface area contributed by atoms with E-state index in [0.717, 1.165) is 55.4 Å². The van der Waals surface area contributed by atoms with Crippen LogP contribution in [0.2, 0.25) is 0 Å². The molecule has 3 saturated carbocycles. The van der Waals surface area contributed by atoms with E-state index in [-0.39, 0.29) is 22.9 Å². The molecule has 3 fully saturated rings. The van der Waals surface area contributed by atoms with Crippen molar-refractivity contribution in [3.05, 3.63) is 47.8 Å². The zero-order valence-corrected chi connectivity index (χ0v) is 19.3. The molecule has 34 heavy (non-hydrogen) atoms. The van der Waals surface area contributed by atoms with E-state index >= 15 is 0 Å². The Labute approximate surface area is 197 Å². The molecule has 2 amide bonds. The van der Waals surface area contributed by atoms with Gasteiger partial charge in [-0.05, 0) is 62.8 Å². The average Bonchev–Trinajstić information content (AvgIpc) is 3.27. The Balaban J connectivity index is 1.49. The van der Waals surface area contributed by atoms with Gasteiger partial charge in [0.2, 0.25) is 5.91 Å². The normalized spacial score (nSPS) is 23.3. The molecule has 9 heteroatoms. The van der Waals surface area contributed by atoms with E-state index in [4.69, 9.17) is 5.26 Å². The summed E-state index contributed by atoms with van der Waals surface area (Å²) in [6.45, 7) is 1.58. The van der Waals surface area contributed by atoms with E-state index in [2.05, 4.69) is 32.1 Å². The molecule has 3 aromatic heterocycles. The van der Waals surface area contributed by atoms with Gasteiger partial charge in [0, 0.05) is 31.2 Å². The van der Waals surface area contributed by atoms with Gasteiger partial charge < -0.3 is 16.0 Å². The summed E-state index contributed by atoms with van der Waals surface area (Å²) < 4.78 is 1.74. The van der Waals surface area contributed by atoms with Gasteiger partial charge >= 0.3 is 0 Å². The van der Waals surface area contributed by atoms with E-state index in [1.54, 1.807) is 30.8 Å². The monoisotopic (exact) mass is 457 g/mol. The fourth-order valence-electron chi connectivity index (χ4n) is 5.49. The molecule has 0 radical (unpaired) electrons. The van der Waals surface area contributed by atoms with Crippen LogP contribution in [0.5, 0.6) is 0 Å². The lowest BCUT2D eigenvalue weighted by atomic mass is 9.61. The van der Waals surface area contributed by atoms with Crippen molar-refractivity contribution >= 4 is 23.0 Å². The van der Waals surface area contributed by atoms with Crippen molar-refractivity contribution in [1.82, 2.24) is 25.2 Å². The Hall–Kier alpha value is -3.93. The number of amides is 2. The maximum Gasteiger partial charge on any atom is 0.254 e. The standard InChI is InChI=1S/C25H27N7O2/c1-16(33)30-24-5-8-25(9-6-24,10-7-24)31-20-12-21(28-15-19(20)23(34)27-2)22-4-3-18-11-17(13-26)14-29-32(18)22/h3-4,11-12,14-15H,5-10H2,1-2H3,(H,27,34)(H,28,31)(H,30,33). The zero-order valence-electron chi connectivity index (χ0n) is 19.3. The van der Waals surface area contributed by atoms with E-state index in [1.165, 1.54) is 6.20 Å². The van der Waals surface area contributed by atoms with Gasteiger partial charge in [-0.1, -0.05) is 0 Å². The van der Waals surface area contributed by atoms with Crippen molar-refractivity contribution in [1.29, 1.82) is 5.26 Å². The topological polar surface area (TPSA) is 124 Å². The fraction of sp³-hybridized carbons (Fsp3) is 0.400. The summed E-state index contributed by atoms with van der Waals surface area (Å²) in [5, 5.41) is 23.2. The number of pyridine rings is 1. The second-order valence-corrected chi connectivity index (χ2v) is 9.47. The number of nitrogens with one attached hydrogen (secondary N) is 3. The van der Waals surface area contributed by atoms with Crippen LogP contribution in [0.4, 0.5) is 5.69 Å². The quantitative estimate of drug-likeness (QED) is 0.541. The van der Waals surface area contributed by atoms with Crippen molar-refractivity contribution in [3.63, 3.8) is 0 Å². The van der Waals surface area contributed by atoms with Crippen molar-refractivity contribution in [2.45, 2.75) is 56.5 Å². The molecule has 3 aliphatic rings. The molecule has 3 aromatic rings. The van der Waals surface area contributed by atoms with Gasteiger partial charge in [-0.3, -0.25) is 14.6 Å². The highest BCUT2D eigenvalue weighted by Crippen LogP contribution is 2.48. The molecule has 0 unspecified atom stereocenters.